The van der Waals surface area contributed by atoms with E-state index in [0.29, 0.717) is 12.6 Å². The van der Waals surface area contributed by atoms with E-state index in [4.69, 9.17) is 9.73 Å². The van der Waals surface area contributed by atoms with Crippen LogP contribution in [0.25, 0.3) is 6.08 Å². The van der Waals surface area contributed by atoms with Crippen LogP contribution in [0, 0.1) is 0 Å². The van der Waals surface area contributed by atoms with Crippen molar-refractivity contribution in [2.45, 2.75) is 33.1 Å². The van der Waals surface area contributed by atoms with Crippen LogP contribution in [0.4, 0.5) is 22.7 Å². The maximum absolute atomic E-state index is 13.2. The predicted molar refractivity (Wildman–Crippen MR) is 160 cm³/mol. The number of benzene rings is 4. The van der Waals surface area contributed by atoms with Gasteiger partial charge in [0.1, 0.15) is 0 Å². The number of rotatable bonds is 9. The van der Waals surface area contributed by atoms with Crippen molar-refractivity contribution in [2.75, 3.05) is 11.4 Å². The fourth-order valence-corrected chi connectivity index (χ4v) is 4.64. The Morgan fingerprint density at radius 2 is 1.36 bits per heavy atom. The zero-order valence-corrected chi connectivity index (χ0v) is 22.5. The van der Waals surface area contributed by atoms with Gasteiger partial charge in [-0.15, -0.1) is 0 Å². The number of hydrogen-bond acceptors (Lipinski definition) is 4. The van der Waals surface area contributed by atoms with Gasteiger partial charge in [-0.3, -0.25) is 9.69 Å². The highest BCUT2D eigenvalue weighted by Gasteiger charge is 2.33. The number of amidine groups is 1. The SMILES string of the molecule is CCCCc1ccccc1N=C1O/C(=C/c2ccc(N(c3ccccc3)c3ccccc3)cc2)C(=O)N1CC. The van der Waals surface area contributed by atoms with Crippen LogP contribution in [-0.4, -0.2) is 23.4 Å². The highest BCUT2D eigenvalue weighted by molar-refractivity contribution is 6.11. The van der Waals surface area contributed by atoms with Crippen LogP contribution in [0.1, 0.15) is 37.8 Å². The molecule has 196 valence electrons. The summed E-state index contributed by atoms with van der Waals surface area (Å²) in [6.07, 6.45) is 4.94. The summed E-state index contributed by atoms with van der Waals surface area (Å²) >= 11 is 0. The zero-order chi connectivity index (χ0) is 27.0. The quantitative estimate of drug-likeness (QED) is 0.210. The van der Waals surface area contributed by atoms with Gasteiger partial charge < -0.3 is 9.64 Å². The second-order valence-electron chi connectivity index (χ2n) is 9.38. The van der Waals surface area contributed by atoms with Crippen LogP contribution >= 0.6 is 0 Å². The van der Waals surface area contributed by atoms with Crippen LogP contribution in [0.5, 0.6) is 0 Å². The normalized spacial score (nSPS) is 15.1. The molecule has 1 heterocycles. The minimum absolute atomic E-state index is 0.179. The molecule has 1 fully saturated rings. The van der Waals surface area contributed by atoms with Gasteiger partial charge in [-0.2, -0.15) is 4.99 Å². The van der Waals surface area contributed by atoms with Gasteiger partial charge in [0, 0.05) is 23.6 Å². The number of aryl methyl sites for hydroxylation is 1. The summed E-state index contributed by atoms with van der Waals surface area (Å²) in [5.41, 5.74) is 6.05. The van der Waals surface area contributed by atoms with Crippen molar-refractivity contribution in [3.8, 4) is 0 Å². The molecule has 4 aromatic carbocycles. The predicted octanol–water partition coefficient (Wildman–Crippen LogP) is 8.41. The number of amides is 1. The van der Waals surface area contributed by atoms with Crippen LogP contribution < -0.4 is 4.90 Å². The second-order valence-corrected chi connectivity index (χ2v) is 9.38. The molecule has 39 heavy (non-hydrogen) atoms. The molecule has 1 aliphatic heterocycles. The van der Waals surface area contributed by atoms with Crippen LogP contribution in [0.15, 0.2) is 120 Å². The number of nitrogens with zero attached hydrogens (tertiary/aromatic N) is 3. The Morgan fingerprint density at radius 3 is 1.97 bits per heavy atom. The Kier molecular flexibility index (Phi) is 8.18. The zero-order valence-electron chi connectivity index (χ0n) is 22.5. The first kappa shape index (κ1) is 26.0. The van der Waals surface area contributed by atoms with E-state index in [0.717, 1.165) is 53.1 Å². The number of carbonyl (C=O) groups excluding carboxylic acids is 1. The number of carbonyl (C=O) groups is 1. The molecule has 0 radical (unpaired) electrons. The van der Waals surface area contributed by atoms with Gasteiger partial charge in [0.25, 0.3) is 5.91 Å². The van der Waals surface area contributed by atoms with E-state index in [9.17, 15) is 4.79 Å². The molecule has 0 atom stereocenters. The van der Waals surface area contributed by atoms with Crippen molar-refractivity contribution < 1.29 is 9.53 Å². The number of unbranched alkanes of at least 4 members (excludes halogenated alkanes) is 1. The molecule has 4 aromatic rings. The minimum atomic E-state index is -0.179. The van der Waals surface area contributed by atoms with Crippen LogP contribution in [0.3, 0.4) is 0 Å². The van der Waals surface area contributed by atoms with Crippen LogP contribution in [0.2, 0.25) is 0 Å². The number of ether oxygens (including phenoxy) is 1. The Hall–Kier alpha value is -4.64. The summed E-state index contributed by atoms with van der Waals surface area (Å²) < 4.78 is 6.04. The van der Waals surface area contributed by atoms with Gasteiger partial charge in [0.2, 0.25) is 0 Å². The van der Waals surface area contributed by atoms with Gasteiger partial charge >= 0.3 is 6.02 Å². The Labute approximate surface area is 230 Å². The lowest BCUT2D eigenvalue weighted by Gasteiger charge is -2.25. The van der Waals surface area contributed by atoms with E-state index in [1.807, 2.05) is 73.7 Å². The van der Waals surface area contributed by atoms with Crippen molar-refractivity contribution >= 4 is 40.8 Å². The third-order valence-corrected chi connectivity index (χ3v) is 6.69. The summed E-state index contributed by atoms with van der Waals surface area (Å²) in [5, 5.41) is 0. The average Bonchev–Trinajstić information content (AvgIpc) is 3.27. The van der Waals surface area contributed by atoms with Crippen molar-refractivity contribution in [3.05, 3.63) is 126 Å². The third-order valence-electron chi connectivity index (χ3n) is 6.69. The molecule has 0 aliphatic carbocycles. The van der Waals surface area contributed by atoms with E-state index in [2.05, 4.69) is 54.3 Å². The topological polar surface area (TPSA) is 45.1 Å². The van der Waals surface area contributed by atoms with Crippen molar-refractivity contribution in [3.63, 3.8) is 0 Å². The molecule has 5 nitrogen and oxygen atoms in total. The molecule has 0 aromatic heterocycles. The fourth-order valence-electron chi connectivity index (χ4n) is 4.64. The first-order chi connectivity index (χ1) is 19.2. The van der Waals surface area contributed by atoms with Crippen LogP contribution in [-0.2, 0) is 16.0 Å². The van der Waals surface area contributed by atoms with E-state index in [1.54, 1.807) is 11.0 Å². The molecule has 5 heteroatoms. The summed E-state index contributed by atoms with van der Waals surface area (Å²) in [6, 6.07) is 37.1. The lowest BCUT2D eigenvalue weighted by atomic mass is 10.1. The number of aliphatic imine (C=N–C) groups is 1. The molecule has 1 amide bonds. The first-order valence-electron chi connectivity index (χ1n) is 13.6. The summed E-state index contributed by atoms with van der Waals surface area (Å²) in [5.74, 6) is 0.0962. The molecule has 0 spiro atoms. The summed E-state index contributed by atoms with van der Waals surface area (Å²) in [6.45, 7) is 4.59. The molecule has 0 N–H and O–H groups in total. The summed E-state index contributed by atoms with van der Waals surface area (Å²) in [7, 11) is 0. The van der Waals surface area contributed by atoms with Gasteiger partial charge in [0.05, 0.1) is 5.69 Å². The molecular weight excluding hydrogens is 482 g/mol. The lowest BCUT2D eigenvalue weighted by molar-refractivity contribution is -0.122. The first-order valence-corrected chi connectivity index (χ1v) is 13.6. The maximum Gasteiger partial charge on any atom is 0.305 e. The Balaban J connectivity index is 1.42. The maximum atomic E-state index is 13.2. The Morgan fingerprint density at radius 1 is 0.769 bits per heavy atom. The molecule has 5 rings (SSSR count). The second kappa shape index (κ2) is 12.3. The average molecular weight is 516 g/mol. The number of hydrogen-bond donors (Lipinski definition) is 0. The van der Waals surface area contributed by atoms with Crippen molar-refractivity contribution in [1.29, 1.82) is 0 Å². The smallest absolute Gasteiger partial charge is 0.305 e. The van der Waals surface area contributed by atoms with Gasteiger partial charge in [-0.25, -0.2) is 0 Å². The van der Waals surface area contributed by atoms with E-state index in [-0.39, 0.29) is 11.7 Å². The molecule has 1 saturated heterocycles. The van der Waals surface area contributed by atoms with E-state index < -0.39 is 0 Å². The number of likely N-dealkylation sites (N-methyl/N-ethyl adjacent to an activating group) is 1. The monoisotopic (exact) mass is 515 g/mol. The van der Waals surface area contributed by atoms with Crippen molar-refractivity contribution in [1.82, 2.24) is 4.90 Å². The van der Waals surface area contributed by atoms with E-state index in [1.165, 1.54) is 0 Å². The molecular formula is C34H33N3O2. The molecule has 0 saturated carbocycles. The lowest BCUT2D eigenvalue weighted by Crippen LogP contribution is -2.29. The van der Waals surface area contributed by atoms with E-state index >= 15 is 0 Å². The van der Waals surface area contributed by atoms with Gasteiger partial charge in [-0.05, 0) is 79.4 Å². The number of anilines is 3. The fraction of sp³-hybridized carbons (Fsp3) is 0.176. The highest BCUT2D eigenvalue weighted by atomic mass is 16.5. The van der Waals surface area contributed by atoms with Gasteiger partial charge in [0.15, 0.2) is 5.76 Å². The molecule has 0 unspecified atom stereocenters. The standard InChI is InChI=1S/C34H33N3O2/c1-3-5-14-27-15-12-13-20-31(27)35-34-36(4-2)33(38)32(39-34)25-26-21-23-30(24-22-26)37(28-16-8-6-9-17-28)29-18-10-7-11-19-29/h6-13,15-25H,3-5,14H2,1-2H3/b32-25+,35-34?. The van der Waals surface area contributed by atoms with Gasteiger partial charge in [-0.1, -0.05) is 80.1 Å². The summed E-state index contributed by atoms with van der Waals surface area (Å²) in [4.78, 5) is 21.7. The number of para-hydroxylation sites is 3. The molecule has 1 aliphatic rings. The van der Waals surface area contributed by atoms with Crippen molar-refractivity contribution in [2.24, 2.45) is 4.99 Å². The highest BCUT2D eigenvalue weighted by Crippen LogP contribution is 2.34. The molecule has 0 bridgehead atoms. The minimum Gasteiger partial charge on any atom is -0.419 e. The largest absolute Gasteiger partial charge is 0.419 e. The Bertz CT molecular complexity index is 1420. The third kappa shape index (κ3) is 5.93.